The normalized spacial score (nSPS) is 22.6. The Morgan fingerprint density at radius 2 is 1.88 bits per heavy atom. The fourth-order valence-electron chi connectivity index (χ4n) is 4.99. The van der Waals surface area contributed by atoms with Crippen LogP contribution in [-0.2, 0) is 21.2 Å². The SMILES string of the molecule is COc1cc([C@@H](C)NC2CCC(c3ccc(CCS(=O)(=O)N4CCOCC4)cc3)C2)ccc1F. The lowest BCUT2D eigenvalue weighted by molar-refractivity contribution is 0.0730. The van der Waals surface area contributed by atoms with E-state index in [0.717, 1.165) is 30.4 Å². The van der Waals surface area contributed by atoms with Crippen LogP contribution >= 0.6 is 0 Å². The van der Waals surface area contributed by atoms with Gasteiger partial charge < -0.3 is 14.8 Å². The maximum absolute atomic E-state index is 13.7. The Morgan fingerprint density at radius 1 is 1.15 bits per heavy atom. The van der Waals surface area contributed by atoms with Gasteiger partial charge in [-0.05, 0) is 67.3 Å². The highest BCUT2D eigenvalue weighted by molar-refractivity contribution is 7.89. The van der Waals surface area contributed by atoms with Crippen LogP contribution in [0.4, 0.5) is 4.39 Å². The monoisotopic (exact) mass is 490 g/mol. The van der Waals surface area contributed by atoms with Gasteiger partial charge in [-0.3, -0.25) is 0 Å². The van der Waals surface area contributed by atoms with Gasteiger partial charge in [0.25, 0.3) is 0 Å². The molecule has 0 bridgehead atoms. The van der Waals surface area contributed by atoms with Crippen molar-refractivity contribution in [3.05, 3.63) is 65.0 Å². The van der Waals surface area contributed by atoms with Crippen LogP contribution in [-0.4, -0.2) is 57.9 Å². The van der Waals surface area contributed by atoms with Gasteiger partial charge in [-0.2, -0.15) is 4.31 Å². The van der Waals surface area contributed by atoms with Crippen molar-refractivity contribution >= 4 is 10.0 Å². The zero-order chi connectivity index (χ0) is 24.1. The number of nitrogens with zero attached hydrogens (tertiary/aromatic N) is 1. The molecule has 1 aliphatic carbocycles. The summed E-state index contributed by atoms with van der Waals surface area (Å²) in [5.74, 6) is 0.543. The molecule has 186 valence electrons. The number of rotatable bonds is 9. The van der Waals surface area contributed by atoms with E-state index in [-0.39, 0.29) is 23.4 Å². The number of nitrogens with one attached hydrogen (secondary N) is 1. The largest absolute Gasteiger partial charge is 0.494 e. The number of morpholine rings is 1. The van der Waals surface area contributed by atoms with Gasteiger partial charge in [0, 0.05) is 25.2 Å². The van der Waals surface area contributed by atoms with Gasteiger partial charge in [0.1, 0.15) is 0 Å². The quantitative estimate of drug-likeness (QED) is 0.575. The molecule has 8 heteroatoms. The number of halogens is 1. The van der Waals surface area contributed by atoms with E-state index in [1.165, 1.54) is 18.7 Å². The third-order valence-electron chi connectivity index (χ3n) is 7.06. The van der Waals surface area contributed by atoms with Gasteiger partial charge in [0.15, 0.2) is 11.6 Å². The van der Waals surface area contributed by atoms with Crippen molar-refractivity contribution in [3.63, 3.8) is 0 Å². The van der Waals surface area contributed by atoms with Gasteiger partial charge in [0.05, 0.1) is 26.1 Å². The number of ether oxygens (including phenoxy) is 2. The fraction of sp³-hybridized carbons (Fsp3) is 0.538. The molecule has 0 amide bonds. The zero-order valence-corrected chi connectivity index (χ0v) is 20.8. The molecule has 1 saturated carbocycles. The number of methoxy groups -OCH3 is 1. The molecule has 1 aliphatic heterocycles. The Hall–Kier alpha value is -2.00. The van der Waals surface area contributed by atoms with Crippen molar-refractivity contribution in [3.8, 4) is 5.75 Å². The van der Waals surface area contributed by atoms with Crippen LogP contribution in [0.2, 0.25) is 0 Å². The molecule has 0 spiro atoms. The molecule has 1 N–H and O–H groups in total. The molecular formula is C26H35FN2O4S. The van der Waals surface area contributed by atoms with Crippen molar-refractivity contribution in [2.45, 2.75) is 50.6 Å². The van der Waals surface area contributed by atoms with E-state index in [1.807, 2.05) is 0 Å². The molecule has 0 aromatic heterocycles. The summed E-state index contributed by atoms with van der Waals surface area (Å²) in [6, 6.07) is 14.0. The molecule has 2 aliphatic rings. The Balaban J connectivity index is 1.28. The number of hydrogen-bond acceptors (Lipinski definition) is 5. The first-order chi connectivity index (χ1) is 16.4. The zero-order valence-electron chi connectivity index (χ0n) is 20.0. The smallest absolute Gasteiger partial charge is 0.214 e. The number of aryl methyl sites for hydroxylation is 1. The van der Waals surface area contributed by atoms with Crippen LogP contribution in [0.5, 0.6) is 5.75 Å². The minimum absolute atomic E-state index is 0.106. The first-order valence-corrected chi connectivity index (χ1v) is 13.7. The predicted octanol–water partition coefficient (Wildman–Crippen LogP) is 4.03. The molecule has 1 heterocycles. The predicted molar refractivity (Wildman–Crippen MR) is 131 cm³/mol. The van der Waals surface area contributed by atoms with Crippen LogP contribution in [0.15, 0.2) is 42.5 Å². The lowest BCUT2D eigenvalue weighted by Crippen LogP contribution is -2.42. The van der Waals surface area contributed by atoms with Crippen LogP contribution in [0, 0.1) is 5.82 Å². The van der Waals surface area contributed by atoms with Crippen LogP contribution in [0.1, 0.15) is 54.8 Å². The van der Waals surface area contributed by atoms with E-state index >= 15 is 0 Å². The van der Waals surface area contributed by atoms with Crippen molar-refractivity contribution in [2.24, 2.45) is 0 Å². The van der Waals surface area contributed by atoms with E-state index < -0.39 is 10.0 Å². The van der Waals surface area contributed by atoms with E-state index in [4.69, 9.17) is 9.47 Å². The third kappa shape index (κ3) is 6.16. The molecule has 0 radical (unpaired) electrons. The van der Waals surface area contributed by atoms with E-state index in [9.17, 15) is 12.8 Å². The van der Waals surface area contributed by atoms with Gasteiger partial charge in [-0.15, -0.1) is 0 Å². The maximum Gasteiger partial charge on any atom is 0.214 e. The summed E-state index contributed by atoms with van der Waals surface area (Å²) in [5, 5.41) is 3.69. The van der Waals surface area contributed by atoms with Crippen LogP contribution in [0.3, 0.4) is 0 Å². The highest BCUT2D eigenvalue weighted by atomic mass is 32.2. The Morgan fingerprint density at radius 3 is 2.59 bits per heavy atom. The van der Waals surface area contributed by atoms with Crippen molar-refractivity contribution in [1.29, 1.82) is 0 Å². The van der Waals surface area contributed by atoms with Crippen molar-refractivity contribution < 1.29 is 22.3 Å². The van der Waals surface area contributed by atoms with Crippen molar-refractivity contribution in [1.82, 2.24) is 9.62 Å². The molecular weight excluding hydrogens is 455 g/mol. The summed E-state index contributed by atoms with van der Waals surface area (Å²) in [6.07, 6.45) is 3.77. The summed E-state index contributed by atoms with van der Waals surface area (Å²) in [6.45, 7) is 3.95. The summed E-state index contributed by atoms with van der Waals surface area (Å²) in [4.78, 5) is 0. The first kappa shape index (κ1) is 25.1. The highest BCUT2D eigenvalue weighted by Gasteiger charge is 2.27. The molecule has 3 atom stereocenters. The van der Waals surface area contributed by atoms with E-state index in [0.29, 0.717) is 44.7 Å². The number of benzene rings is 2. The van der Waals surface area contributed by atoms with Gasteiger partial charge in [-0.1, -0.05) is 30.3 Å². The second kappa shape index (κ2) is 11.2. The summed E-state index contributed by atoms with van der Waals surface area (Å²) < 4.78 is 50.7. The maximum atomic E-state index is 13.7. The average Bonchev–Trinajstić information content (AvgIpc) is 3.32. The minimum Gasteiger partial charge on any atom is -0.494 e. The number of hydrogen-bond donors (Lipinski definition) is 1. The van der Waals surface area contributed by atoms with E-state index in [1.54, 1.807) is 16.4 Å². The van der Waals surface area contributed by atoms with Gasteiger partial charge in [-0.25, -0.2) is 12.8 Å². The summed E-state index contributed by atoms with van der Waals surface area (Å²) in [7, 11) is -1.76. The second-order valence-corrected chi connectivity index (χ2v) is 11.4. The minimum atomic E-state index is -3.24. The lowest BCUT2D eigenvalue weighted by Gasteiger charge is -2.26. The molecule has 2 fully saturated rings. The number of sulfonamides is 1. The highest BCUT2D eigenvalue weighted by Crippen LogP contribution is 2.36. The Bertz CT molecular complexity index is 1050. The molecule has 34 heavy (non-hydrogen) atoms. The fourth-order valence-corrected chi connectivity index (χ4v) is 6.45. The van der Waals surface area contributed by atoms with E-state index in [2.05, 4.69) is 36.5 Å². The standard InChI is InChI=1S/C26H35FN2O4S/c1-19(22-8-10-25(27)26(18-22)32-2)28-24-9-7-23(17-24)21-5-3-20(4-6-21)11-16-34(30,31)29-12-14-33-15-13-29/h3-6,8,10,18-19,23-24,28H,7,9,11-17H2,1-2H3/t19-,23?,24?/m1/s1. The molecule has 6 nitrogen and oxygen atoms in total. The average molecular weight is 491 g/mol. The Kier molecular flexibility index (Phi) is 8.24. The molecule has 1 saturated heterocycles. The lowest BCUT2D eigenvalue weighted by atomic mass is 9.96. The molecule has 4 rings (SSSR count). The van der Waals surface area contributed by atoms with Crippen LogP contribution in [0.25, 0.3) is 0 Å². The van der Waals surface area contributed by atoms with Gasteiger partial charge in [0.2, 0.25) is 10.0 Å². The van der Waals surface area contributed by atoms with Crippen LogP contribution < -0.4 is 10.1 Å². The Labute approximate surface area is 202 Å². The molecule has 2 aromatic carbocycles. The van der Waals surface area contributed by atoms with Crippen molar-refractivity contribution in [2.75, 3.05) is 39.2 Å². The topological polar surface area (TPSA) is 67.9 Å². The molecule has 2 aromatic rings. The first-order valence-electron chi connectivity index (χ1n) is 12.1. The third-order valence-corrected chi connectivity index (χ3v) is 8.93. The second-order valence-electron chi connectivity index (χ2n) is 9.31. The summed E-state index contributed by atoms with van der Waals surface area (Å²) in [5.41, 5.74) is 3.37. The van der Waals surface area contributed by atoms with Gasteiger partial charge >= 0.3 is 0 Å². The summed E-state index contributed by atoms with van der Waals surface area (Å²) >= 11 is 0. The molecule has 2 unspecified atom stereocenters.